The Kier molecular flexibility index (Phi) is 6.96. The van der Waals surface area contributed by atoms with Gasteiger partial charge in [0.05, 0.1) is 32.1 Å². The summed E-state index contributed by atoms with van der Waals surface area (Å²) in [6.45, 7) is 7.60. The van der Waals surface area contributed by atoms with Gasteiger partial charge in [-0.25, -0.2) is 0 Å². The van der Waals surface area contributed by atoms with E-state index in [1.807, 2.05) is 36.9 Å². The minimum Gasteiger partial charge on any atom is -0.378 e. The zero-order valence-electron chi connectivity index (χ0n) is 16.2. The molecule has 0 unspecified atom stereocenters. The van der Waals surface area contributed by atoms with E-state index in [2.05, 4.69) is 23.2 Å². The van der Waals surface area contributed by atoms with Gasteiger partial charge in [-0.15, -0.1) is 0 Å². The third kappa shape index (κ3) is 5.62. The van der Waals surface area contributed by atoms with Crippen LogP contribution in [0.25, 0.3) is 0 Å². The molecule has 27 heavy (non-hydrogen) atoms. The Bertz CT molecular complexity index is 759. The maximum Gasteiger partial charge on any atom is 0.254 e. The molecule has 1 aromatic carbocycles. The lowest BCUT2D eigenvalue weighted by atomic mass is 10.1. The molecule has 5 nitrogen and oxygen atoms in total. The van der Waals surface area contributed by atoms with Gasteiger partial charge >= 0.3 is 0 Å². The molecule has 0 radical (unpaired) electrons. The molecule has 5 heteroatoms. The van der Waals surface area contributed by atoms with Gasteiger partial charge in [0.25, 0.3) is 5.91 Å². The van der Waals surface area contributed by atoms with Gasteiger partial charge in [0, 0.05) is 24.4 Å². The fraction of sp³-hybridized carbons (Fsp3) is 0.455. The Balaban J connectivity index is 1.57. The highest BCUT2D eigenvalue weighted by Gasteiger charge is 2.18. The monoisotopic (exact) mass is 368 g/mol. The van der Waals surface area contributed by atoms with Crippen LogP contribution in [0.5, 0.6) is 0 Å². The normalized spacial score (nSPS) is 17.8. The Labute approximate surface area is 161 Å². The van der Waals surface area contributed by atoms with E-state index in [1.54, 1.807) is 0 Å². The molecule has 3 rings (SSSR count). The molecule has 0 aromatic heterocycles. The molecule has 1 heterocycles. The van der Waals surface area contributed by atoms with Crippen molar-refractivity contribution < 1.29 is 14.3 Å². The smallest absolute Gasteiger partial charge is 0.254 e. The molecule has 0 spiro atoms. The van der Waals surface area contributed by atoms with Crippen LogP contribution in [0.3, 0.4) is 0 Å². The zero-order valence-corrected chi connectivity index (χ0v) is 16.2. The molecule has 0 saturated carbocycles. The van der Waals surface area contributed by atoms with Crippen LogP contribution in [0.15, 0.2) is 47.0 Å². The highest BCUT2D eigenvalue weighted by Crippen LogP contribution is 2.21. The lowest BCUT2D eigenvalue weighted by Crippen LogP contribution is -2.40. The summed E-state index contributed by atoms with van der Waals surface area (Å²) < 4.78 is 11.1. The van der Waals surface area contributed by atoms with E-state index in [9.17, 15) is 4.79 Å². The van der Waals surface area contributed by atoms with Crippen molar-refractivity contribution in [1.29, 1.82) is 0 Å². The van der Waals surface area contributed by atoms with Crippen molar-refractivity contribution in [2.24, 2.45) is 4.99 Å². The molecule has 1 fully saturated rings. The van der Waals surface area contributed by atoms with E-state index in [0.717, 1.165) is 29.8 Å². The number of morpholine rings is 1. The van der Waals surface area contributed by atoms with E-state index >= 15 is 0 Å². The van der Waals surface area contributed by atoms with Crippen LogP contribution in [0.4, 0.5) is 5.69 Å². The summed E-state index contributed by atoms with van der Waals surface area (Å²) >= 11 is 0. The van der Waals surface area contributed by atoms with Crippen LogP contribution >= 0.6 is 0 Å². The Morgan fingerprint density at radius 3 is 2.78 bits per heavy atom. The van der Waals surface area contributed by atoms with Gasteiger partial charge in [-0.05, 0) is 56.0 Å². The molecule has 1 aliphatic carbocycles. The van der Waals surface area contributed by atoms with E-state index in [1.165, 1.54) is 5.57 Å². The summed E-state index contributed by atoms with van der Waals surface area (Å²) in [4.78, 5) is 19.1. The predicted octanol–water partition coefficient (Wildman–Crippen LogP) is 3.85. The van der Waals surface area contributed by atoms with Crippen LogP contribution < -0.4 is 0 Å². The summed E-state index contributed by atoms with van der Waals surface area (Å²) in [6.07, 6.45) is 8.75. The summed E-state index contributed by atoms with van der Waals surface area (Å²) in [5, 5.41) is 0. The van der Waals surface area contributed by atoms with Gasteiger partial charge in [-0.1, -0.05) is 18.2 Å². The molecule has 2 aliphatic rings. The Morgan fingerprint density at radius 2 is 2.07 bits per heavy atom. The molecule has 0 bridgehead atoms. The first kappa shape index (κ1) is 19.5. The van der Waals surface area contributed by atoms with Gasteiger partial charge in [0.15, 0.2) is 0 Å². The van der Waals surface area contributed by atoms with Gasteiger partial charge in [-0.2, -0.15) is 0 Å². The highest BCUT2D eigenvalue weighted by atomic mass is 16.5. The molecular formula is C22H28N2O3. The standard InChI is InChI=1S/C22H28N2O3/c1-17-14-20(22(25)24-10-12-26-13-11-24)8-9-21(17)23-18(2)15-27-16-19-6-4-3-5-7-19/h4,6-9,14H,3,5,10-13,15-16H2,1-2H3/b23-18+. The number of nitrogens with zero attached hydrogens (tertiary/aromatic N) is 2. The van der Waals surface area contributed by atoms with E-state index in [-0.39, 0.29) is 5.91 Å². The maximum absolute atomic E-state index is 12.6. The number of hydrogen-bond acceptors (Lipinski definition) is 4. The van der Waals surface area contributed by atoms with Crippen molar-refractivity contribution in [3.8, 4) is 0 Å². The topological polar surface area (TPSA) is 51.1 Å². The van der Waals surface area contributed by atoms with Crippen molar-refractivity contribution in [1.82, 2.24) is 4.90 Å². The Hall–Kier alpha value is -2.24. The number of carbonyl (C=O) groups excluding carboxylic acids is 1. The fourth-order valence-corrected chi connectivity index (χ4v) is 3.19. The number of aliphatic imine (C=N–C) groups is 1. The van der Waals surface area contributed by atoms with Crippen LogP contribution in [-0.4, -0.2) is 56.0 Å². The van der Waals surface area contributed by atoms with Crippen molar-refractivity contribution in [3.05, 3.63) is 53.1 Å². The Morgan fingerprint density at radius 1 is 1.26 bits per heavy atom. The SMILES string of the molecule is C/C(COCC1=CCCC=C1)=N\c1ccc(C(=O)N2CCOCC2)cc1C. The number of carbonyl (C=O) groups is 1. The van der Waals surface area contributed by atoms with Crippen molar-refractivity contribution in [2.45, 2.75) is 26.7 Å². The van der Waals surface area contributed by atoms with Crippen molar-refractivity contribution in [3.63, 3.8) is 0 Å². The van der Waals surface area contributed by atoms with Crippen LogP contribution in [0.2, 0.25) is 0 Å². The average Bonchev–Trinajstić information content (AvgIpc) is 2.70. The fourth-order valence-electron chi connectivity index (χ4n) is 3.19. The number of rotatable bonds is 6. The average molecular weight is 368 g/mol. The quantitative estimate of drug-likeness (QED) is 0.717. The number of amides is 1. The molecular weight excluding hydrogens is 340 g/mol. The van der Waals surface area contributed by atoms with Crippen LogP contribution in [0, 0.1) is 6.92 Å². The van der Waals surface area contributed by atoms with Crippen LogP contribution in [0.1, 0.15) is 35.7 Å². The second-order valence-corrected chi connectivity index (χ2v) is 7.00. The number of aryl methyl sites for hydroxylation is 1. The molecule has 1 aliphatic heterocycles. The molecule has 0 atom stereocenters. The van der Waals surface area contributed by atoms with E-state index in [0.29, 0.717) is 45.1 Å². The maximum atomic E-state index is 12.6. The molecule has 1 aromatic rings. The minimum atomic E-state index is 0.0609. The predicted molar refractivity (Wildman–Crippen MR) is 108 cm³/mol. The molecule has 1 saturated heterocycles. The number of ether oxygens (including phenoxy) is 2. The molecule has 144 valence electrons. The molecule has 0 N–H and O–H groups in total. The number of hydrogen-bond donors (Lipinski definition) is 0. The highest BCUT2D eigenvalue weighted by molar-refractivity contribution is 5.95. The lowest BCUT2D eigenvalue weighted by molar-refractivity contribution is 0.0303. The minimum absolute atomic E-state index is 0.0609. The van der Waals surface area contributed by atoms with Crippen molar-refractivity contribution in [2.75, 3.05) is 39.5 Å². The first-order valence-electron chi connectivity index (χ1n) is 9.58. The van der Waals surface area contributed by atoms with Gasteiger partial charge < -0.3 is 14.4 Å². The second-order valence-electron chi connectivity index (χ2n) is 7.00. The zero-order chi connectivity index (χ0) is 19.1. The third-order valence-corrected chi connectivity index (χ3v) is 4.70. The largest absolute Gasteiger partial charge is 0.378 e. The summed E-state index contributed by atoms with van der Waals surface area (Å²) in [7, 11) is 0. The van der Waals surface area contributed by atoms with Crippen molar-refractivity contribution >= 4 is 17.3 Å². The summed E-state index contributed by atoms with van der Waals surface area (Å²) in [6, 6.07) is 5.69. The van der Waals surface area contributed by atoms with E-state index in [4.69, 9.17) is 9.47 Å². The number of benzene rings is 1. The third-order valence-electron chi connectivity index (χ3n) is 4.70. The van der Waals surface area contributed by atoms with Gasteiger partial charge in [0.1, 0.15) is 0 Å². The second kappa shape index (κ2) is 9.62. The summed E-state index contributed by atoms with van der Waals surface area (Å²) in [5.41, 5.74) is 4.73. The van der Waals surface area contributed by atoms with Gasteiger partial charge in [-0.3, -0.25) is 9.79 Å². The first-order valence-corrected chi connectivity index (χ1v) is 9.58. The number of allylic oxidation sites excluding steroid dienone is 2. The lowest BCUT2D eigenvalue weighted by Gasteiger charge is -2.27. The first-order chi connectivity index (χ1) is 13.1. The van der Waals surface area contributed by atoms with Crippen LogP contribution in [-0.2, 0) is 9.47 Å². The van der Waals surface area contributed by atoms with Gasteiger partial charge in [0.2, 0.25) is 0 Å². The summed E-state index contributed by atoms with van der Waals surface area (Å²) in [5.74, 6) is 0.0609. The molecule has 1 amide bonds. The van der Waals surface area contributed by atoms with E-state index < -0.39 is 0 Å².